The topological polar surface area (TPSA) is 63.8 Å². The molecule has 0 unspecified atom stereocenters. The van der Waals surface area contributed by atoms with E-state index in [9.17, 15) is 0 Å². The SMILES string of the molecule is OCn1n[c]nn1. The van der Waals surface area contributed by atoms with Crippen molar-refractivity contribution < 1.29 is 5.11 Å². The summed E-state index contributed by atoms with van der Waals surface area (Å²) in [6.45, 7) is -0.240. The van der Waals surface area contributed by atoms with E-state index in [-0.39, 0.29) is 6.73 Å². The number of nitrogens with zero attached hydrogens (tertiary/aromatic N) is 4. The monoisotopic (exact) mass is 99.0 g/mol. The lowest BCUT2D eigenvalue weighted by atomic mass is 11.3. The normalized spacial score (nSPS) is 9.29. The second kappa shape index (κ2) is 1.65. The molecule has 0 aliphatic carbocycles. The molecule has 0 aromatic carbocycles. The maximum absolute atomic E-state index is 8.20. The highest BCUT2D eigenvalue weighted by Crippen LogP contribution is 1.63. The molecule has 0 saturated carbocycles. The molecule has 0 fully saturated rings. The molecular formula is C2H3N4O. The van der Waals surface area contributed by atoms with Gasteiger partial charge in [-0.15, -0.1) is 15.0 Å². The van der Waals surface area contributed by atoms with Crippen LogP contribution in [0.2, 0.25) is 0 Å². The minimum Gasteiger partial charge on any atom is -0.373 e. The zero-order valence-corrected chi connectivity index (χ0v) is 3.44. The Labute approximate surface area is 39.6 Å². The number of aromatic nitrogens is 4. The fourth-order valence-electron chi connectivity index (χ4n) is 0.223. The average Bonchev–Trinajstić information content (AvgIpc) is 2.14. The van der Waals surface area contributed by atoms with Crippen LogP contribution >= 0.6 is 0 Å². The summed E-state index contributed by atoms with van der Waals surface area (Å²) in [5, 5.41) is 18.1. The van der Waals surface area contributed by atoms with E-state index in [1.165, 1.54) is 0 Å². The molecule has 37 valence electrons. The molecule has 5 nitrogen and oxygen atoms in total. The second-order valence-electron chi connectivity index (χ2n) is 0.903. The molecule has 0 amide bonds. The van der Waals surface area contributed by atoms with E-state index >= 15 is 0 Å². The van der Waals surface area contributed by atoms with Gasteiger partial charge in [-0.05, 0) is 5.21 Å². The van der Waals surface area contributed by atoms with Crippen LogP contribution in [0.3, 0.4) is 0 Å². The van der Waals surface area contributed by atoms with Crippen molar-refractivity contribution in [1.82, 2.24) is 20.2 Å². The fraction of sp³-hybridized carbons (Fsp3) is 0.500. The maximum atomic E-state index is 8.20. The Morgan fingerprint density at radius 3 is 2.86 bits per heavy atom. The summed E-state index contributed by atoms with van der Waals surface area (Å²) >= 11 is 0. The molecule has 1 aromatic heterocycles. The molecular weight excluding hydrogens is 96.0 g/mol. The van der Waals surface area contributed by atoms with Gasteiger partial charge < -0.3 is 5.11 Å². The van der Waals surface area contributed by atoms with Gasteiger partial charge in [0.15, 0.2) is 6.73 Å². The summed E-state index contributed by atoms with van der Waals surface area (Å²) in [6.07, 6.45) is 2.17. The molecule has 1 aromatic rings. The zero-order chi connectivity index (χ0) is 5.11. The molecule has 7 heavy (non-hydrogen) atoms. The third-order valence-corrected chi connectivity index (χ3v) is 0.479. The van der Waals surface area contributed by atoms with E-state index < -0.39 is 0 Å². The Bertz CT molecular complexity index is 124. The van der Waals surface area contributed by atoms with Crippen molar-refractivity contribution in [2.45, 2.75) is 6.73 Å². The molecule has 1 N–H and O–H groups in total. The summed E-state index contributed by atoms with van der Waals surface area (Å²) in [5.41, 5.74) is 0. The van der Waals surface area contributed by atoms with Crippen LogP contribution in [-0.2, 0) is 6.73 Å². The molecule has 0 saturated heterocycles. The van der Waals surface area contributed by atoms with Gasteiger partial charge in [0.2, 0.25) is 6.33 Å². The number of rotatable bonds is 1. The van der Waals surface area contributed by atoms with Gasteiger partial charge in [0, 0.05) is 0 Å². The maximum Gasteiger partial charge on any atom is 0.245 e. The van der Waals surface area contributed by atoms with E-state index in [2.05, 4.69) is 21.7 Å². The minimum atomic E-state index is -0.240. The summed E-state index contributed by atoms with van der Waals surface area (Å²) in [5.74, 6) is 0. The third-order valence-electron chi connectivity index (χ3n) is 0.479. The Morgan fingerprint density at radius 1 is 1.71 bits per heavy atom. The lowest BCUT2D eigenvalue weighted by Crippen LogP contribution is -2.00. The Hall–Kier alpha value is -0.970. The van der Waals surface area contributed by atoms with Crippen molar-refractivity contribution in [3.8, 4) is 0 Å². The predicted octanol–water partition coefficient (Wildman–Crippen LogP) is -1.58. The molecule has 0 aliphatic rings. The van der Waals surface area contributed by atoms with Gasteiger partial charge >= 0.3 is 0 Å². The first-order valence-corrected chi connectivity index (χ1v) is 1.68. The van der Waals surface area contributed by atoms with Crippen LogP contribution in [0.15, 0.2) is 0 Å². The van der Waals surface area contributed by atoms with Crippen LogP contribution in [0.4, 0.5) is 0 Å². The van der Waals surface area contributed by atoms with Gasteiger partial charge in [0.05, 0.1) is 0 Å². The van der Waals surface area contributed by atoms with Crippen molar-refractivity contribution in [2.75, 3.05) is 0 Å². The minimum absolute atomic E-state index is 0.240. The zero-order valence-electron chi connectivity index (χ0n) is 3.44. The van der Waals surface area contributed by atoms with Crippen LogP contribution in [0.25, 0.3) is 0 Å². The number of hydrogen-bond acceptors (Lipinski definition) is 4. The van der Waals surface area contributed by atoms with Gasteiger partial charge in [-0.2, -0.15) is 0 Å². The van der Waals surface area contributed by atoms with E-state index in [0.717, 1.165) is 4.80 Å². The quantitative estimate of drug-likeness (QED) is 0.461. The van der Waals surface area contributed by atoms with Crippen molar-refractivity contribution >= 4 is 0 Å². The number of aliphatic hydroxyl groups excluding tert-OH is 1. The van der Waals surface area contributed by atoms with Crippen molar-refractivity contribution in [3.05, 3.63) is 6.33 Å². The lowest BCUT2D eigenvalue weighted by Gasteiger charge is -1.82. The van der Waals surface area contributed by atoms with E-state index in [0.29, 0.717) is 0 Å². The summed E-state index contributed by atoms with van der Waals surface area (Å²) in [6, 6.07) is 0. The van der Waals surface area contributed by atoms with Gasteiger partial charge in [-0.25, -0.2) is 0 Å². The summed E-state index contributed by atoms with van der Waals surface area (Å²) in [7, 11) is 0. The van der Waals surface area contributed by atoms with Gasteiger partial charge in [-0.3, -0.25) is 0 Å². The van der Waals surface area contributed by atoms with Crippen molar-refractivity contribution in [2.24, 2.45) is 0 Å². The van der Waals surface area contributed by atoms with Gasteiger partial charge in [0.25, 0.3) is 0 Å². The lowest BCUT2D eigenvalue weighted by molar-refractivity contribution is 0.175. The van der Waals surface area contributed by atoms with Crippen molar-refractivity contribution in [1.29, 1.82) is 0 Å². The van der Waals surface area contributed by atoms with Gasteiger partial charge in [-0.1, -0.05) is 0 Å². The van der Waals surface area contributed by atoms with E-state index in [1.54, 1.807) is 0 Å². The molecule has 1 rings (SSSR count). The first-order chi connectivity index (χ1) is 3.43. The Morgan fingerprint density at radius 2 is 2.57 bits per heavy atom. The molecule has 0 atom stereocenters. The molecule has 5 heteroatoms. The van der Waals surface area contributed by atoms with Crippen LogP contribution in [0.5, 0.6) is 0 Å². The summed E-state index contributed by atoms with van der Waals surface area (Å²) in [4.78, 5) is 1.01. The predicted molar refractivity (Wildman–Crippen MR) is 18.9 cm³/mol. The van der Waals surface area contributed by atoms with Gasteiger partial charge in [0.1, 0.15) is 0 Å². The standard InChI is InChI=1S/C2H3N4O/c7-2-6-4-1-3-5-6/h7H,2H2. The number of aliphatic hydroxyl groups is 1. The third kappa shape index (κ3) is 0.716. The first kappa shape index (κ1) is 4.20. The smallest absolute Gasteiger partial charge is 0.245 e. The molecule has 1 heterocycles. The first-order valence-electron chi connectivity index (χ1n) is 1.68. The van der Waals surface area contributed by atoms with E-state index in [4.69, 9.17) is 5.11 Å². The molecule has 1 radical (unpaired) electrons. The number of tetrazole rings is 1. The molecule has 0 aliphatic heterocycles. The van der Waals surface area contributed by atoms with Crippen LogP contribution in [0, 0.1) is 6.33 Å². The highest BCUT2D eigenvalue weighted by Gasteiger charge is 1.82. The fourth-order valence-corrected chi connectivity index (χ4v) is 0.223. The van der Waals surface area contributed by atoms with E-state index in [1.807, 2.05) is 0 Å². The number of hydrogen-bond donors (Lipinski definition) is 1. The van der Waals surface area contributed by atoms with Crippen LogP contribution in [-0.4, -0.2) is 25.3 Å². The van der Waals surface area contributed by atoms with Crippen molar-refractivity contribution in [3.63, 3.8) is 0 Å². The van der Waals surface area contributed by atoms with Crippen LogP contribution in [0.1, 0.15) is 0 Å². The molecule has 0 spiro atoms. The Balaban J connectivity index is 2.76. The van der Waals surface area contributed by atoms with Crippen LogP contribution < -0.4 is 0 Å². The second-order valence-corrected chi connectivity index (χ2v) is 0.903. The summed E-state index contributed by atoms with van der Waals surface area (Å²) < 4.78 is 0. The average molecular weight is 99.1 g/mol. The largest absolute Gasteiger partial charge is 0.373 e. The molecule has 0 bridgehead atoms. The Kier molecular flexibility index (Phi) is 0.991. The highest BCUT2D eigenvalue weighted by atomic mass is 16.3. The highest BCUT2D eigenvalue weighted by molar-refractivity contribution is 4.27.